The molecule has 0 bridgehead atoms. The predicted octanol–water partition coefficient (Wildman–Crippen LogP) is 2.42. The number of hydrogen-bond acceptors (Lipinski definition) is 4. The van der Waals surface area contributed by atoms with Crippen LogP contribution in [-0.2, 0) is 0 Å². The standard InChI is InChI=1S/C13H18N2O3/c1-10-9-12(5-6-13(10)15(16)17)18-8-2-7-14-11-3-4-11/h5-6,9,11,14H,2-4,7-8H2,1H3. The number of nitrogens with one attached hydrogen (secondary N) is 1. The van der Waals surface area contributed by atoms with Gasteiger partial charge in [-0.25, -0.2) is 0 Å². The quantitative estimate of drug-likeness (QED) is 0.458. The van der Waals surface area contributed by atoms with E-state index in [1.54, 1.807) is 19.1 Å². The maximum atomic E-state index is 10.7. The molecule has 1 saturated carbocycles. The molecule has 0 radical (unpaired) electrons. The molecular formula is C13H18N2O3. The van der Waals surface area contributed by atoms with Crippen LogP contribution in [0.15, 0.2) is 18.2 Å². The number of ether oxygens (including phenoxy) is 1. The summed E-state index contributed by atoms with van der Waals surface area (Å²) in [6, 6.07) is 5.59. The van der Waals surface area contributed by atoms with Gasteiger partial charge in [0.2, 0.25) is 0 Å². The Balaban J connectivity index is 1.74. The maximum Gasteiger partial charge on any atom is 0.272 e. The van der Waals surface area contributed by atoms with E-state index >= 15 is 0 Å². The van der Waals surface area contributed by atoms with Crippen LogP contribution in [0.4, 0.5) is 5.69 Å². The van der Waals surface area contributed by atoms with E-state index in [9.17, 15) is 10.1 Å². The Morgan fingerprint density at radius 2 is 2.28 bits per heavy atom. The van der Waals surface area contributed by atoms with Crippen molar-refractivity contribution in [1.29, 1.82) is 0 Å². The van der Waals surface area contributed by atoms with Crippen LogP contribution in [0.2, 0.25) is 0 Å². The van der Waals surface area contributed by atoms with E-state index < -0.39 is 0 Å². The first-order chi connectivity index (χ1) is 8.66. The highest BCUT2D eigenvalue weighted by molar-refractivity contribution is 5.44. The fourth-order valence-electron chi connectivity index (χ4n) is 1.78. The van der Waals surface area contributed by atoms with E-state index in [4.69, 9.17) is 4.74 Å². The van der Waals surface area contributed by atoms with Gasteiger partial charge in [-0.15, -0.1) is 0 Å². The number of benzene rings is 1. The Kier molecular flexibility index (Phi) is 4.15. The predicted molar refractivity (Wildman–Crippen MR) is 69.0 cm³/mol. The van der Waals surface area contributed by atoms with Gasteiger partial charge in [0.25, 0.3) is 5.69 Å². The van der Waals surface area contributed by atoms with Crippen molar-refractivity contribution >= 4 is 5.69 Å². The van der Waals surface area contributed by atoms with Crippen LogP contribution >= 0.6 is 0 Å². The van der Waals surface area contributed by atoms with Crippen molar-refractivity contribution in [2.24, 2.45) is 0 Å². The molecule has 1 N–H and O–H groups in total. The van der Waals surface area contributed by atoms with E-state index in [0.717, 1.165) is 19.0 Å². The van der Waals surface area contributed by atoms with Gasteiger partial charge in [0, 0.05) is 17.7 Å². The molecule has 1 aromatic carbocycles. The number of aryl methyl sites for hydroxylation is 1. The second kappa shape index (κ2) is 5.82. The van der Waals surface area contributed by atoms with Crippen molar-refractivity contribution in [2.45, 2.75) is 32.2 Å². The Morgan fingerprint density at radius 1 is 1.50 bits per heavy atom. The Morgan fingerprint density at radius 3 is 2.89 bits per heavy atom. The minimum Gasteiger partial charge on any atom is -0.494 e. The number of nitrogens with zero attached hydrogens (tertiary/aromatic N) is 1. The summed E-state index contributed by atoms with van der Waals surface area (Å²) in [6.07, 6.45) is 3.54. The molecule has 0 saturated heterocycles. The zero-order valence-corrected chi connectivity index (χ0v) is 10.5. The van der Waals surface area contributed by atoms with E-state index in [2.05, 4.69) is 5.32 Å². The van der Waals surface area contributed by atoms with Gasteiger partial charge in [-0.1, -0.05) is 0 Å². The van der Waals surface area contributed by atoms with Crippen LogP contribution in [0.3, 0.4) is 0 Å². The second-order valence-electron chi connectivity index (χ2n) is 4.64. The lowest BCUT2D eigenvalue weighted by atomic mass is 10.2. The fraction of sp³-hybridized carbons (Fsp3) is 0.538. The summed E-state index contributed by atoms with van der Waals surface area (Å²) in [5.41, 5.74) is 0.770. The molecule has 1 aromatic rings. The molecule has 98 valence electrons. The monoisotopic (exact) mass is 250 g/mol. The molecule has 0 amide bonds. The average Bonchev–Trinajstić information content (AvgIpc) is 3.12. The smallest absolute Gasteiger partial charge is 0.272 e. The van der Waals surface area contributed by atoms with Crippen molar-refractivity contribution in [3.05, 3.63) is 33.9 Å². The number of rotatable bonds is 7. The van der Waals surface area contributed by atoms with E-state index in [1.165, 1.54) is 18.9 Å². The summed E-state index contributed by atoms with van der Waals surface area (Å²) in [4.78, 5) is 10.3. The van der Waals surface area contributed by atoms with Crippen molar-refractivity contribution in [1.82, 2.24) is 5.32 Å². The third kappa shape index (κ3) is 3.70. The van der Waals surface area contributed by atoms with Crippen LogP contribution in [-0.4, -0.2) is 24.1 Å². The lowest BCUT2D eigenvalue weighted by molar-refractivity contribution is -0.385. The molecule has 5 nitrogen and oxygen atoms in total. The van der Waals surface area contributed by atoms with Crippen molar-refractivity contribution in [3.63, 3.8) is 0 Å². The van der Waals surface area contributed by atoms with Crippen molar-refractivity contribution in [2.75, 3.05) is 13.2 Å². The summed E-state index contributed by atoms with van der Waals surface area (Å²) in [5.74, 6) is 0.699. The van der Waals surface area contributed by atoms with Crippen LogP contribution < -0.4 is 10.1 Å². The summed E-state index contributed by atoms with van der Waals surface area (Å²) in [7, 11) is 0. The van der Waals surface area contributed by atoms with Crippen molar-refractivity contribution < 1.29 is 9.66 Å². The van der Waals surface area contributed by atoms with Gasteiger partial charge in [-0.05, 0) is 44.9 Å². The molecule has 1 aliphatic carbocycles. The zero-order chi connectivity index (χ0) is 13.0. The first-order valence-corrected chi connectivity index (χ1v) is 6.28. The minimum absolute atomic E-state index is 0.137. The molecule has 2 rings (SSSR count). The second-order valence-corrected chi connectivity index (χ2v) is 4.64. The van der Waals surface area contributed by atoms with Crippen LogP contribution in [0, 0.1) is 17.0 Å². The van der Waals surface area contributed by atoms with Crippen LogP contribution in [0.5, 0.6) is 5.75 Å². The molecule has 0 aromatic heterocycles. The number of nitro benzene ring substituents is 1. The average molecular weight is 250 g/mol. The third-order valence-electron chi connectivity index (χ3n) is 2.97. The van der Waals surface area contributed by atoms with Gasteiger partial charge in [0.05, 0.1) is 11.5 Å². The van der Waals surface area contributed by atoms with E-state index in [0.29, 0.717) is 17.9 Å². The van der Waals surface area contributed by atoms with Gasteiger partial charge < -0.3 is 10.1 Å². The van der Waals surface area contributed by atoms with Gasteiger partial charge in [-0.3, -0.25) is 10.1 Å². The fourth-order valence-corrected chi connectivity index (χ4v) is 1.78. The first kappa shape index (κ1) is 12.8. The molecule has 5 heteroatoms. The highest BCUT2D eigenvalue weighted by Gasteiger charge is 2.19. The van der Waals surface area contributed by atoms with Crippen molar-refractivity contribution in [3.8, 4) is 5.75 Å². The molecule has 0 atom stereocenters. The first-order valence-electron chi connectivity index (χ1n) is 6.28. The van der Waals surface area contributed by atoms with Gasteiger partial charge in [0.1, 0.15) is 5.75 Å². The summed E-state index contributed by atoms with van der Waals surface area (Å²) < 4.78 is 5.56. The highest BCUT2D eigenvalue weighted by Crippen LogP contribution is 2.23. The van der Waals surface area contributed by atoms with E-state index in [-0.39, 0.29) is 10.6 Å². The minimum atomic E-state index is -0.376. The summed E-state index contributed by atoms with van der Waals surface area (Å²) in [5, 5.41) is 14.1. The maximum absolute atomic E-state index is 10.7. The summed E-state index contributed by atoms with van der Waals surface area (Å²) in [6.45, 7) is 3.33. The highest BCUT2D eigenvalue weighted by atomic mass is 16.6. The molecule has 0 heterocycles. The lowest BCUT2D eigenvalue weighted by Gasteiger charge is -2.07. The SMILES string of the molecule is Cc1cc(OCCCNC2CC2)ccc1[N+](=O)[O-]. The Hall–Kier alpha value is -1.62. The molecule has 0 aliphatic heterocycles. The zero-order valence-electron chi connectivity index (χ0n) is 10.5. The normalized spacial score (nSPS) is 14.5. The van der Waals surface area contributed by atoms with Crippen LogP contribution in [0.1, 0.15) is 24.8 Å². The summed E-state index contributed by atoms with van der Waals surface area (Å²) >= 11 is 0. The van der Waals surface area contributed by atoms with E-state index in [1.807, 2.05) is 0 Å². The van der Waals surface area contributed by atoms with Gasteiger partial charge in [0.15, 0.2) is 0 Å². The Labute approximate surface area is 106 Å². The molecule has 0 spiro atoms. The molecule has 1 fully saturated rings. The Bertz CT molecular complexity index is 430. The van der Waals surface area contributed by atoms with Gasteiger partial charge >= 0.3 is 0 Å². The molecular weight excluding hydrogens is 232 g/mol. The lowest BCUT2D eigenvalue weighted by Crippen LogP contribution is -2.19. The molecule has 0 unspecified atom stereocenters. The number of hydrogen-bond donors (Lipinski definition) is 1. The molecule has 18 heavy (non-hydrogen) atoms. The topological polar surface area (TPSA) is 64.4 Å². The van der Waals surface area contributed by atoms with Crippen LogP contribution in [0.25, 0.3) is 0 Å². The largest absolute Gasteiger partial charge is 0.494 e. The number of nitro groups is 1. The molecule has 1 aliphatic rings. The van der Waals surface area contributed by atoms with Gasteiger partial charge in [-0.2, -0.15) is 0 Å². The third-order valence-corrected chi connectivity index (χ3v) is 2.97.